The normalized spacial score (nSPS) is 36.3. The Hall–Kier alpha value is -3.10. The highest BCUT2D eigenvalue weighted by Crippen LogP contribution is 2.68. The van der Waals surface area contributed by atoms with Gasteiger partial charge in [-0.25, -0.2) is 0 Å². The first kappa shape index (κ1) is 29.4. The molecule has 5 rings (SSSR count). The van der Waals surface area contributed by atoms with Gasteiger partial charge in [0.05, 0.1) is 12.5 Å². The van der Waals surface area contributed by atoms with E-state index in [0.717, 1.165) is 12.0 Å². The van der Waals surface area contributed by atoms with E-state index in [1.54, 1.807) is 42.5 Å². The Morgan fingerprint density at radius 2 is 1.83 bits per heavy atom. The number of Topliss-reactive ketones (excluding diaryl/α,β-unsaturated/α-hetero) is 1. The molecule has 3 fully saturated rings. The van der Waals surface area contributed by atoms with Gasteiger partial charge in [-0.05, 0) is 74.6 Å². The predicted octanol–water partition coefficient (Wildman–Crippen LogP) is 4.27. The third-order valence-corrected chi connectivity index (χ3v) is 10.4. The summed E-state index contributed by atoms with van der Waals surface area (Å²) in [7, 11) is 0. The zero-order valence-corrected chi connectivity index (χ0v) is 24.0. The standard InChI is InChI=1S/C33H40O8/c1-4-8-27(37)41-33(30(39)25(35)18-28(38)40-22-9-6-5-7-10-22)16-14-24-23-12-11-20-17-21(34)13-15-31(20,2)29(23)26(36)19-32(24,33)3/h5-7,9-10,13,15,17,23-26,29,35-36H,4,8,11-12,14,16,18-19H2,1-3H3/t23-,24-,25?,26?,29+,31-,32-,33-/m0/s1. The van der Waals surface area contributed by atoms with Crippen LogP contribution < -0.4 is 4.74 Å². The smallest absolute Gasteiger partial charge is 0.314 e. The van der Waals surface area contributed by atoms with Crippen molar-refractivity contribution < 1.29 is 38.9 Å². The van der Waals surface area contributed by atoms with Gasteiger partial charge in [0.15, 0.2) is 11.4 Å². The molecule has 0 spiro atoms. The van der Waals surface area contributed by atoms with Crippen molar-refractivity contribution in [2.45, 2.75) is 89.9 Å². The van der Waals surface area contributed by atoms with E-state index >= 15 is 0 Å². The van der Waals surface area contributed by atoms with Gasteiger partial charge in [0.2, 0.25) is 5.78 Å². The predicted molar refractivity (Wildman–Crippen MR) is 149 cm³/mol. The number of hydrogen-bond donors (Lipinski definition) is 2. The number of aliphatic hydroxyl groups excluding tert-OH is 2. The number of carbonyl (C=O) groups is 4. The Labute approximate surface area is 240 Å². The van der Waals surface area contributed by atoms with Crippen LogP contribution in [0.15, 0.2) is 54.1 Å². The minimum atomic E-state index is -1.74. The molecular weight excluding hydrogens is 524 g/mol. The number of esters is 2. The number of ether oxygens (including phenoxy) is 2. The second-order valence-corrected chi connectivity index (χ2v) is 12.7. The maximum absolute atomic E-state index is 14.2. The number of aliphatic hydroxyl groups is 2. The Morgan fingerprint density at radius 3 is 2.54 bits per heavy atom. The molecule has 1 aromatic carbocycles. The van der Waals surface area contributed by atoms with E-state index in [9.17, 15) is 29.4 Å². The van der Waals surface area contributed by atoms with E-state index < -0.39 is 52.8 Å². The number of allylic oxidation sites excluding steroid dienone is 4. The molecule has 8 atom stereocenters. The average molecular weight is 565 g/mol. The number of rotatable bonds is 8. The Kier molecular flexibility index (Phi) is 7.85. The molecule has 4 aliphatic rings. The Bertz CT molecular complexity index is 1280. The molecule has 8 heteroatoms. The Balaban J connectivity index is 1.45. The van der Waals surface area contributed by atoms with Gasteiger partial charge >= 0.3 is 11.9 Å². The van der Waals surface area contributed by atoms with Crippen molar-refractivity contribution in [1.82, 2.24) is 0 Å². The summed E-state index contributed by atoms with van der Waals surface area (Å²) in [5.74, 6) is -1.97. The zero-order chi connectivity index (χ0) is 29.6. The van der Waals surface area contributed by atoms with Gasteiger partial charge < -0.3 is 19.7 Å². The number of fused-ring (bicyclic) bond motifs is 5. The van der Waals surface area contributed by atoms with Crippen molar-refractivity contribution in [3.05, 3.63) is 54.1 Å². The van der Waals surface area contributed by atoms with Crippen molar-refractivity contribution in [3.8, 4) is 5.75 Å². The lowest BCUT2D eigenvalue weighted by atomic mass is 9.46. The molecule has 3 saturated carbocycles. The SMILES string of the molecule is CCCC(=O)O[C@]1(C(=O)C(O)CC(=O)Oc2ccccc2)CC[C@H]2[C@@H]3CCC4=CC(=O)C=C[C@]4(C)[C@H]3C(O)C[C@@]21C. The van der Waals surface area contributed by atoms with Crippen LogP contribution in [0.5, 0.6) is 5.75 Å². The minimum Gasteiger partial charge on any atom is -0.450 e. The topological polar surface area (TPSA) is 127 Å². The van der Waals surface area contributed by atoms with E-state index in [1.807, 2.05) is 19.9 Å². The summed E-state index contributed by atoms with van der Waals surface area (Å²) in [6, 6.07) is 8.40. The van der Waals surface area contributed by atoms with Crippen molar-refractivity contribution in [3.63, 3.8) is 0 Å². The van der Waals surface area contributed by atoms with E-state index in [4.69, 9.17) is 9.47 Å². The summed E-state index contributed by atoms with van der Waals surface area (Å²) in [6.07, 6.45) is 5.10. The highest BCUT2D eigenvalue weighted by molar-refractivity contribution is 6.01. The van der Waals surface area contributed by atoms with Crippen LogP contribution in [0.2, 0.25) is 0 Å². The lowest BCUT2D eigenvalue weighted by Crippen LogP contribution is -2.64. The fourth-order valence-corrected chi connectivity index (χ4v) is 8.57. The van der Waals surface area contributed by atoms with Crippen LogP contribution in [0, 0.1) is 28.6 Å². The summed E-state index contributed by atoms with van der Waals surface area (Å²) in [5, 5.41) is 22.9. The van der Waals surface area contributed by atoms with Crippen LogP contribution >= 0.6 is 0 Å². The molecule has 41 heavy (non-hydrogen) atoms. The fourth-order valence-electron chi connectivity index (χ4n) is 8.57. The van der Waals surface area contributed by atoms with E-state index in [0.29, 0.717) is 25.0 Å². The molecule has 0 heterocycles. The second-order valence-electron chi connectivity index (χ2n) is 12.7. The molecule has 0 bridgehead atoms. The summed E-state index contributed by atoms with van der Waals surface area (Å²) in [5.41, 5.74) is -2.09. The summed E-state index contributed by atoms with van der Waals surface area (Å²) >= 11 is 0. The third kappa shape index (κ3) is 4.89. The quantitative estimate of drug-likeness (QED) is 0.354. The van der Waals surface area contributed by atoms with Crippen LogP contribution in [0.4, 0.5) is 0 Å². The molecule has 0 aliphatic heterocycles. The number of ketones is 2. The maximum Gasteiger partial charge on any atom is 0.314 e. The molecule has 2 N–H and O–H groups in total. The molecule has 0 radical (unpaired) electrons. The van der Waals surface area contributed by atoms with Crippen LogP contribution in [-0.4, -0.2) is 51.5 Å². The first-order valence-corrected chi connectivity index (χ1v) is 14.8. The minimum absolute atomic E-state index is 0.0171. The molecule has 1 aromatic rings. The van der Waals surface area contributed by atoms with Gasteiger partial charge in [0.25, 0.3) is 0 Å². The van der Waals surface area contributed by atoms with Crippen molar-refractivity contribution in [2.75, 3.05) is 0 Å². The number of benzene rings is 1. The highest BCUT2D eigenvalue weighted by atomic mass is 16.6. The number of carbonyl (C=O) groups excluding carboxylic acids is 4. The van der Waals surface area contributed by atoms with Crippen LogP contribution in [-0.2, 0) is 23.9 Å². The fraction of sp³-hybridized carbons (Fsp3) is 0.576. The van der Waals surface area contributed by atoms with E-state index in [1.165, 1.54) is 0 Å². The largest absolute Gasteiger partial charge is 0.450 e. The number of para-hydroxylation sites is 1. The molecule has 2 unspecified atom stereocenters. The number of hydrogen-bond acceptors (Lipinski definition) is 8. The molecule has 4 aliphatic carbocycles. The maximum atomic E-state index is 14.2. The van der Waals surface area contributed by atoms with E-state index in [2.05, 4.69) is 6.92 Å². The Morgan fingerprint density at radius 1 is 1.10 bits per heavy atom. The molecule has 0 aromatic heterocycles. The molecule has 8 nitrogen and oxygen atoms in total. The molecule has 0 saturated heterocycles. The van der Waals surface area contributed by atoms with Crippen molar-refractivity contribution in [1.29, 1.82) is 0 Å². The lowest BCUT2D eigenvalue weighted by molar-refractivity contribution is -0.203. The van der Waals surface area contributed by atoms with Crippen LogP contribution in [0.25, 0.3) is 0 Å². The average Bonchev–Trinajstić information content (AvgIpc) is 3.20. The molecule has 0 amide bonds. The van der Waals surface area contributed by atoms with Crippen molar-refractivity contribution in [2.24, 2.45) is 28.6 Å². The lowest BCUT2D eigenvalue weighted by Gasteiger charge is -2.60. The zero-order valence-electron chi connectivity index (χ0n) is 24.0. The first-order valence-electron chi connectivity index (χ1n) is 14.8. The second kappa shape index (κ2) is 11.0. The van der Waals surface area contributed by atoms with Crippen LogP contribution in [0.1, 0.15) is 72.1 Å². The van der Waals surface area contributed by atoms with Gasteiger partial charge in [-0.1, -0.05) is 50.6 Å². The molecular formula is C33H40O8. The highest BCUT2D eigenvalue weighted by Gasteiger charge is 2.71. The van der Waals surface area contributed by atoms with Crippen molar-refractivity contribution >= 4 is 23.5 Å². The van der Waals surface area contributed by atoms with Crippen LogP contribution in [0.3, 0.4) is 0 Å². The van der Waals surface area contributed by atoms with E-state index in [-0.39, 0.29) is 42.8 Å². The monoisotopic (exact) mass is 564 g/mol. The summed E-state index contributed by atoms with van der Waals surface area (Å²) < 4.78 is 11.4. The third-order valence-electron chi connectivity index (χ3n) is 10.4. The summed E-state index contributed by atoms with van der Waals surface area (Å²) in [4.78, 5) is 51.9. The van der Waals surface area contributed by atoms with Gasteiger partial charge in [-0.2, -0.15) is 0 Å². The first-order chi connectivity index (χ1) is 19.4. The van der Waals surface area contributed by atoms with Gasteiger partial charge in [-0.15, -0.1) is 0 Å². The van der Waals surface area contributed by atoms with Gasteiger partial charge in [-0.3, -0.25) is 19.2 Å². The van der Waals surface area contributed by atoms with Gasteiger partial charge in [0, 0.05) is 23.2 Å². The molecule has 220 valence electrons. The van der Waals surface area contributed by atoms with Gasteiger partial charge in [0.1, 0.15) is 11.9 Å². The summed E-state index contributed by atoms with van der Waals surface area (Å²) in [6.45, 7) is 5.81.